The van der Waals surface area contributed by atoms with Crippen LogP contribution in [0.1, 0.15) is 32.1 Å². The van der Waals surface area contributed by atoms with Crippen molar-refractivity contribution in [1.82, 2.24) is 0 Å². The molecular formula is C17H21BrN2O. The summed E-state index contributed by atoms with van der Waals surface area (Å²) in [6.45, 7) is 0.736. The summed E-state index contributed by atoms with van der Waals surface area (Å²) in [6.07, 6.45) is 4.71. The Morgan fingerprint density at radius 2 is 1.71 bits per heavy atom. The average molecular weight is 349 g/mol. The molecule has 21 heavy (non-hydrogen) atoms. The van der Waals surface area contributed by atoms with Crippen LogP contribution in [0.3, 0.4) is 0 Å². The number of benzene rings is 2. The predicted molar refractivity (Wildman–Crippen MR) is 92.4 cm³/mol. The molecule has 0 heterocycles. The standard InChI is InChI=1S/C17H21BrN2O/c18-15-8-6-14-12-16(9-7-13(14)11-15)20-17(21)5-3-1-2-4-10-19/h6-9,11-12H,1-5,10,19H2,(H,20,21). The van der Waals surface area contributed by atoms with Crippen molar-refractivity contribution in [1.29, 1.82) is 0 Å². The van der Waals surface area contributed by atoms with E-state index in [1.54, 1.807) is 0 Å². The van der Waals surface area contributed by atoms with Crippen LogP contribution in [0.15, 0.2) is 40.9 Å². The van der Waals surface area contributed by atoms with Crippen molar-refractivity contribution in [3.63, 3.8) is 0 Å². The Balaban J connectivity index is 1.87. The molecule has 0 radical (unpaired) electrons. The molecule has 3 nitrogen and oxygen atoms in total. The number of anilines is 1. The minimum atomic E-state index is 0.0826. The molecule has 0 aliphatic heterocycles. The highest BCUT2D eigenvalue weighted by Gasteiger charge is 2.03. The van der Waals surface area contributed by atoms with Crippen LogP contribution in [0.4, 0.5) is 5.69 Å². The number of halogens is 1. The summed E-state index contributed by atoms with van der Waals surface area (Å²) in [5, 5.41) is 5.24. The highest BCUT2D eigenvalue weighted by atomic mass is 79.9. The number of hydrogen-bond donors (Lipinski definition) is 2. The number of rotatable bonds is 7. The van der Waals surface area contributed by atoms with Crippen LogP contribution in [0.2, 0.25) is 0 Å². The van der Waals surface area contributed by atoms with Crippen LogP contribution in [0, 0.1) is 0 Å². The number of nitrogens with two attached hydrogens (primary N) is 1. The van der Waals surface area contributed by atoms with E-state index in [2.05, 4.69) is 27.3 Å². The molecule has 0 aliphatic carbocycles. The van der Waals surface area contributed by atoms with Gasteiger partial charge < -0.3 is 11.1 Å². The van der Waals surface area contributed by atoms with Crippen LogP contribution in [0.25, 0.3) is 10.8 Å². The molecule has 0 saturated carbocycles. The summed E-state index contributed by atoms with van der Waals surface area (Å²) in [7, 11) is 0. The number of carbonyl (C=O) groups is 1. The predicted octanol–water partition coefficient (Wildman–Crippen LogP) is 4.45. The molecule has 2 aromatic carbocycles. The Morgan fingerprint density at radius 1 is 1.00 bits per heavy atom. The van der Waals surface area contributed by atoms with Gasteiger partial charge in [0.2, 0.25) is 5.91 Å². The third kappa shape index (κ3) is 5.14. The quantitative estimate of drug-likeness (QED) is 0.726. The van der Waals surface area contributed by atoms with Crippen molar-refractivity contribution < 1.29 is 4.79 Å². The second-order valence-electron chi connectivity index (χ2n) is 5.21. The van der Waals surface area contributed by atoms with E-state index in [0.29, 0.717) is 6.42 Å². The van der Waals surface area contributed by atoms with Crippen molar-refractivity contribution in [3.05, 3.63) is 40.9 Å². The molecule has 0 aromatic heterocycles. The zero-order valence-electron chi connectivity index (χ0n) is 12.1. The van der Waals surface area contributed by atoms with Gasteiger partial charge in [0.15, 0.2) is 0 Å². The number of unbranched alkanes of at least 4 members (excludes halogenated alkanes) is 3. The van der Waals surface area contributed by atoms with Crippen molar-refractivity contribution in [2.45, 2.75) is 32.1 Å². The van der Waals surface area contributed by atoms with Gasteiger partial charge in [-0.3, -0.25) is 4.79 Å². The van der Waals surface area contributed by atoms with E-state index in [0.717, 1.165) is 53.2 Å². The second kappa shape index (κ2) is 8.15. The van der Waals surface area contributed by atoms with Crippen LogP contribution in [-0.2, 0) is 4.79 Å². The van der Waals surface area contributed by atoms with Gasteiger partial charge in [0, 0.05) is 16.6 Å². The lowest BCUT2D eigenvalue weighted by Gasteiger charge is -2.07. The Morgan fingerprint density at radius 3 is 2.52 bits per heavy atom. The lowest BCUT2D eigenvalue weighted by atomic mass is 10.1. The summed E-state index contributed by atoms with van der Waals surface area (Å²) in [5.41, 5.74) is 6.30. The highest BCUT2D eigenvalue weighted by Crippen LogP contribution is 2.23. The van der Waals surface area contributed by atoms with E-state index >= 15 is 0 Å². The minimum Gasteiger partial charge on any atom is -0.330 e. The SMILES string of the molecule is NCCCCCCC(=O)Nc1ccc2cc(Br)ccc2c1. The van der Waals surface area contributed by atoms with Crippen molar-refractivity contribution in [2.24, 2.45) is 5.73 Å². The van der Waals surface area contributed by atoms with Gasteiger partial charge in [-0.15, -0.1) is 0 Å². The first kappa shape index (κ1) is 16.0. The third-order valence-corrected chi connectivity index (χ3v) is 3.94. The molecular weight excluding hydrogens is 328 g/mol. The maximum atomic E-state index is 11.9. The third-order valence-electron chi connectivity index (χ3n) is 3.44. The van der Waals surface area contributed by atoms with Crippen molar-refractivity contribution in [3.8, 4) is 0 Å². The van der Waals surface area contributed by atoms with Crippen LogP contribution in [-0.4, -0.2) is 12.5 Å². The van der Waals surface area contributed by atoms with E-state index in [1.807, 2.05) is 30.3 Å². The zero-order valence-corrected chi connectivity index (χ0v) is 13.7. The van der Waals surface area contributed by atoms with E-state index in [1.165, 1.54) is 0 Å². The summed E-state index contributed by atoms with van der Waals surface area (Å²) < 4.78 is 1.06. The molecule has 0 saturated heterocycles. The Hall–Kier alpha value is -1.39. The van der Waals surface area contributed by atoms with Gasteiger partial charge in [-0.2, -0.15) is 0 Å². The van der Waals surface area contributed by atoms with Gasteiger partial charge in [-0.05, 0) is 54.4 Å². The topological polar surface area (TPSA) is 55.1 Å². The Bertz CT molecular complexity index is 613. The summed E-state index contributed by atoms with van der Waals surface area (Å²) in [5.74, 6) is 0.0826. The molecule has 0 spiro atoms. The number of amides is 1. The molecule has 0 bridgehead atoms. The molecule has 3 N–H and O–H groups in total. The largest absolute Gasteiger partial charge is 0.330 e. The van der Waals surface area contributed by atoms with Gasteiger partial charge in [-0.25, -0.2) is 0 Å². The van der Waals surface area contributed by atoms with Crippen molar-refractivity contribution in [2.75, 3.05) is 11.9 Å². The Kier molecular flexibility index (Phi) is 6.21. The number of carbonyl (C=O) groups excluding carboxylic acids is 1. The molecule has 0 fully saturated rings. The van der Waals surface area contributed by atoms with Gasteiger partial charge in [0.05, 0.1) is 0 Å². The average Bonchev–Trinajstić information content (AvgIpc) is 2.47. The van der Waals surface area contributed by atoms with Crippen LogP contribution in [0.5, 0.6) is 0 Å². The monoisotopic (exact) mass is 348 g/mol. The molecule has 112 valence electrons. The fourth-order valence-electron chi connectivity index (χ4n) is 2.30. The number of nitrogens with one attached hydrogen (secondary N) is 1. The van der Waals surface area contributed by atoms with Crippen LogP contribution < -0.4 is 11.1 Å². The first-order valence-corrected chi connectivity index (χ1v) is 8.17. The molecule has 1 amide bonds. The minimum absolute atomic E-state index is 0.0826. The van der Waals surface area contributed by atoms with Gasteiger partial charge in [0.25, 0.3) is 0 Å². The summed E-state index contributed by atoms with van der Waals surface area (Å²) in [4.78, 5) is 11.9. The summed E-state index contributed by atoms with van der Waals surface area (Å²) in [6, 6.07) is 12.1. The smallest absolute Gasteiger partial charge is 0.224 e. The number of hydrogen-bond acceptors (Lipinski definition) is 2. The molecule has 4 heteroatoms. The number of fused-ring (bicyclic) bond motifs is 1. The van der Waals surface area contributed by atoms with E-state index in [4.69, 9.17) is 5.73 Å². The maximum Gasteiger partial charge on any atom is 0.224 e. The second-order valence-corrected chi connectivity index (χ2v) is 6.12. The lowest BCUT2D eigenvalue weighted by Crippen LogP contribution is -2.11. The van der Waals surface area contributed by atoms with Crippen molar-refractivity contribution >= 4 is 38.3 Å². The van der Waals surface area contributed by atoms with Crippen LogP contribution >= 0.6 is 15.9 Å². The lowest BCUT2D eigenvalue weighted by molar-refractivity contribution is -0.116. The Labute approximate surface area is 134 Å². The normalized spacial score (nSPS) is 10.8. The maximum absolute atomic E-state index is 11.9. The van der Waals surface area contributed by atoms with E-state index in [-0.39, 0.29) is 5.91 Å². The van der Waals surface area contributed by atoms with Gasteiger partial charge in [-0.1, -0.05) is 40.9 Å². The fraction of sp³-hybridized carbons (Fsp3) is 0.353. The van der Waals surface area contributed by atoms with E-state index in [9.17, 15) is 4.79 Å². The summed E-state index contributed by atoms with van der Waals surface area (Å²) >= 11 is 3.46. The zero-order chi connectivity index (χ0) is 15.1. The van der Waals surface area contributed by atoms with Gasteiger partial charge >= 0.3 is 0 Å². The molecule has 2 aromatic rings. The van der Waals surface area contributed by atoms with Gasteiger partial charge in [0.1, 0.15) is 0 Å². The first-order chi connectivity index (χ1) is 10.2. The first-order valence-electron chi connectivity index (χ1n) is 7.38. The molecule has 2 rings (SSSR count). The molecule has 0 aliphatic rings. The fourth-order valence-corrected chi connectivity index (χ4v) is 2.68. The molecule has 0 unspecified atom stereocenters. The van der Waals surface area contributed by atoms with E-state index < -0.39 is 0 Å². The molecule has 0 atom stereocenters. The highest BCUT2D eigenvalue weighted by molar-refractivity contribution is 9.10.